The van der Waals surface area contributed by atoms with Crippen LogP contribution in [0.2, 0.25) is 0 Å². The van der Waals surface area contributed by atoms with Gasteiger partial charge in [0.1, 0.15) is 6.04 Å². The Bertz CT molecular complexity index is 1210. The summed E-state index contributed by atoms with van der Waals surface area (Å²) in [7, 11) is 0. The average Bonchev–Trinajstić information content (AvgIpc) is 3.30. The highest BCUT2D eigenvalue weighted by molar-refractivity contribution is 6.05. The van der Waals surface area contributed by atoms with E-state index in [1.165, 1.54) is 6.07 Å². The van der Waals surface area contributed by atoms with Crippen LogP contribution < -0.4 is 10.2 Å². The fourth-order valence-electron chi connectivity index (χ4n) is 4.33. The lowest BCUT2D eigenvalue weighted by Gasteiger charge is -2.28. The molecule has 2 aliphatic rings. The van der Waals surface area contributed by atoms with Crippen LogP contribution in [-0.4, -0.2) is 65.7 Å². The standard InChI is InChI=1S/C23H23F2N5O3/c24-16-6-5-15(13-17(16)25)26-21(31)14-20-22(32)29(8-7-28-9-11-33-12-10-28)23-27-18-3-1-2-4-19(18)30(20)23/h1-6,13,20H,7-12,14H2,(H,26,31)/t20-/m1/s1. The molecule has 0 saturated carbocycles. The molecule has 1 N–H and O–H groups in total. The summed E-state index contributed by atoms with van der Waals surface area (Å²) in [6.45, 7) is 4.06. The molecule has 3 heterocycles. The summed E-state index contributed by atoms with van der Waals surface area (Å²) in [6, 6.07) is 9.82. The number of nitrogens with zero attached hydrogens (tertiary/aromatic N) is 4. The number of anilines is 2. The monoisotopic (exact) mass is 455 g/mol. The predicted octanol–water partition coefficient (Wildman–Crippen LogP) is 2.56. The third-order valence-corrected chi connectivity index (χ3v) is 6.01. The Balaban J connectivity index is 1.38. The number of aromatic nitrogens is 2. The molecular formula is C23H23F2N5O3. The molecule has 1 aromatic heterocycles. The molecule has 3 aromatic rings. The van der Waals surface area contributed by atoms with Crippen LogP contribution in [0.25, 0.3) is 11.0 Å². The highest BCUT2D eigenvalue weighted by atomic mass is 19.2. The Morgan fingerprint density at radius 1 is 1.09 bits per heavy atom. The lowest BCUT2D eigenvalue weighted by atomic mass is 10.1. The molecule has 33 heavy (non-hydrogen) atoms. The highest BCUT2D eigenvalue weighted by Crippen LogP contribution is 2.36. The molecule has 2 amide bonds. The van der Waals surface area contributed by atoms with E-state index in [0.29, 0.717) is 32.3 Å². The molecule has 0 unspecified atom stereocenters. The molecule has 1 fully saturated rings. The van der Waals surface area contributed by atoms with Gasteiger partial charge in [-0.25, -0.2) is 13.8 Å². The third kappa shape index (κ3) is 4.19. The van der Waals surface area contributed by atoms with Crippen LogP contribution in [-0.2, 0) is 14.3 Å². The zero-order chi connectivity index (χ0) is 22.9. The van der Waals surface area contributed by atoms with E-state index in [9.17, 15) is 18.4 Å². The molecule has 0 aliphatic carbocycles. The van der Waals surface area contributed by atoms with E-state index in [1.54, 1.807) is 9.47 Å². The van der Waals surface area contributed by atoms with Gasteiger partial charge in [-0.1, -0.05) is 12.1 Å². The second-order valence-corrected chi connectivity index (χ2v) is 8.11. The van der Waals surface area contributed by atoms with Gasteiger partial charge >= 0.3 is 0 Å². The minimum Gasteiger partial charge on any atom is -0.379 e. The van der Waals surface area contributed by atoms with Crippen molar-refractivity contribution in [3.63, 3.8) is 0 Å². The Morgan fingerprint density at radius 3 is 2.67 bits per heavy atom. The normalized spacial score (nSPS) is 18.7. The van der Waals surface area contributed by atoms with Crippen molar-refractivity contribution in [2.75, 3.05) is 49.6 Å². The second kappa shape index (κ2) is 8.87. The summed E-state index contributed by atoms with van der Waals surface area (Å²) in [4.78, 5) is 34.6. The van der Waals surface area contributed by atoms with Gasteiger partial charge in [0.05, 0.1) is 30.7 Å². The maximum atomic E-state index is 13.5. The maximum absolute atomic E-state index is 13.5. The predicted molar refractivity (Wildman–Crippen MR) is 118 cm³/mol. The molecule has 1 saturated heterocycles. The summed E-state index contributed by atoms with van der Waals surface area (Å²) in [5.41, 5.74) is 1.63. The number of carbonyl (C=O) groups excluding carboxylic acids is 2. The van der Waals surface area contributed by atoms with Crippen molar-refractivity contribution in [2.24, 2.45) is 0 Å². The molecule has 0 radical (unpaired) electrons. The van der Waals surface area contributed by atoms with Crippen LogP contribution in [0.5, 0.6) is 0 Å². The number of para-hydroxylation sites is 2. The van der Waals surface area contributed by atoms with E-state index in [0.717, 1.165) is 36.3 Å². The van der Waals surface area contributed by atoms with Gasteiger partial charge in [0.2, 0.25) is 11.9 Å². The van der Waals surface area contributed by atoms with E-state index in [4.69, 9.17) is 4.74 Å². The van der Waals surface area contributed by atoms with Crippen LogP contribution in [0.15, 0.2) is 42.5 Å². The SMILES string of the molecule is O=C(C[C@@H]1C(=O)N(CCN2CCOCC2)c2nc3ccccc3n21)Nc1ccc(F)c(F)c1. The number of morpholine rings is 1. The van der Waals surface area contributed by atoms with Crippen molar-refractivity contribution >= 4 is 34.5 Å². The number of benzene rings is 2. The van der Waals surface area contributed by atoms with Gasteiger partial charge in [-0.3, -0.25) is 24.0 Å². The molecule has 2 aromatic carbocycles. The van der Waals surface area contributed by atoms with E-state index < -0.39 is 23.6 Å². The lowest BCUT2D eigenvalue weighted by Crippen LogP contribution is -2.42. The minimum absolute atomic E-state index is 0.129. The molecule has 10 heteroatoms. The van der Waals surface area contributed by atoms with Gasteiger partial charge in [-0.05, 0) is 24.3 Å². The fraction of sp³-hybridized carbons (Fsp3) is 0.348. The van der Waals surface area contributed by atoms with Gasteiger partial charge < -0.3 is 10.1 Å². The summed E-state index contributed by atoms with van der Waals surface area (Å²) in [6.07, 6.45) is -0.154. The summed E-state index contributed by atoms with van der Waals surface area (Å²) in [5, 5.41) is 2.55. The van der Waals surface area contributed by atoms with Crippen LogP contribution in [0, 0.1) is 11.6 Å². The van der Waals surface area contributed by atoms with Crippen molar-refractivity contribution in [2.45, 2.75) is 12.5 Å². The first kappa shape index (κ1) is 21.5. The summed E-state index contributed by atoms with van der Waals surface area (Å²) < 4.78 is 33.9. The number of amides is 2. The molecule has 5 rings (SSSR count). The summed E-state index contributed by atoms with van der Waals surface area (Å²) in [5.74, 6) is -2.22. The number of rotatable bonds is 6. The van der Waals surface area contributed by atoms with Crippen molar-refractivity contribution in [3.8, 4) is 0 Å². The van der Waals surface area contributed by atoms with Gasteiger partial charge in [-0.15, -0.1) is 0 Å². The summed E-state index contributed by atoms with van der Waals surface area (Å²) >= 11 is 0. The fourth-order valence-corrected chi connectivity index (χ4v) is 4.33. The largest absolute Gasteiger partial charge is 0.379 e. The van der Waals surface area contributed by atoms with Crippen molar-refractivity contribution in [1.29, 1.82) is 0 Å². The Morgan fingerprint density at radius 2 is 1.88 bits per heavy atom. The molecule has 8 nitrogen and oxygen atoms in total. The number of nitrogens with one attached hydrogen (secondary N) is 1. The van der Waals surface area contributed by atoms with E-state index in [2.05, 4.69) is 15.2 Å². The number of halogens is 2. The first-order valence-electron chi connectivity index (χ1n) is 10.8. The van der Waals surface area contributed by atoms with Crippen molar-refractivity contribution in [1.82, 2.24) is 14.5 Å². The molecule has 2 aliphatic heterocycles. The first-order chi connectivity index (χ1) is 16.0. The van der Waals surface area contributed by atoms with Crippen LogP contribution in [0.1, 0.15) is 12.5 Å². The van der Waals surface area contributed by atoms with E-state index >= 15 is 0 Å². The zero-order valence-corrected chi connectivity index (χ0v) is 17.8. The topological polar surface area (TPSA) is 79.7 Å². The minimum atomic E-state index is -1.05. The van der Waals surface area contributed by atoms with Gasteiger partial charge in [0.25, 0.3) is 5.91 Å². The lowest BCUT2D eigenvalue weighted by molar-refractivity contribution is -0.124. The average molecular weight is 455 g/mol. The number of ether oxygens (including phenoxy) is 1. The number of carbonyl (C=O) groups is 2. The number of hydrogen-bond donors (Lipinski definition) is 1. The van der Waals surface area contributed by atoms with Gasteiger partial charge in [-0.2, -0.15) is 0 Å². The van der Waals surface area contributed by atoms with Crippen molar-refractivity contribution in [3.05, 3.63) is 54.1 Å². The van der Waals surface area contributed by atoms with Crippen LogP contribution in [0.3, 0.4) is 0 Å². The first-order valence-corrected chi connectivity index (χ1v) is 10.8. The molecule has 172 valence electrons. The molecule has 0 bridgehead atoms. The van der Waals surface area contributed by atoms with Gasteiger partial charge in [0.15, 0.2) is 11.6 Å². The zero-order valence-electron chi connectivity index (χ0n) is 17.8. The van der Waals surface area contributed by atoms with Gasteiger partial charge in [0, 0.05) is 37.9 Å². The second-order valence-electron chi connectivity index (χ2n) is 8.11. The highest BCUT2D eigenvalue weighted by Gasteiger charge is 2.40. The maximum Gasteiger partial charge on any atom is 0.253 e. The van der Waals surface area contributed by atoms with Crippen LogP contribution in [0.4, 0.5) is 20.4 Å². The van der Waals surface area contributed by atoms with E-state index in [-0.39, 0.29) is 18.0 Å². The van der Waals surface area contributed by atoms with E-state index in [1.807, 2.05) is 24.3 Å². The third-order valence-electron chi connectivity index (χ3n) is 6.01. The Kier molecular flexibility index (Phi) is 5.77. The quantitative estimate of drug-likeness (QED) is 0.618. The van der Waals surface area contributed by atoms with Crippen molar-refractivity contribution < 1.29 is 23.1 Å². The number of imidazole rings is 1. The Hall–Kier alpha value is -3.37. The number of hydrogen-bond acceptors (Lipinski definition) is 5. The molecule has 0 spiro atoms. The smallest absolute Gasteiger partial charge is 0.253 e. The number of fused-ring (bicyclic) bond motifs is 3. The molecule has 1 atom stereocenters. The Labute approximate surface area is 188 Å². The van der Waals surface area contributed by atoms with Crippen LogP contribution >= 0.6 is 0 Å². The molecular weight excluding hydrogens is 432 g/mol.